The molecule has 2 aromatic heterocycles. The third kappa shape index (κ3) is 4.10. The highest BCUT2D eigenvalue weighted by Gasteiger charge is 2.41. The van der Waals surface area contributed by atoms with E-state index < -0.39 is 0 Å². The predicted octanol–water partition coefficient (Wildman–Crippen LogP) is 1.59. The number of imidazole rings is 1. The Morgan fingerprint density at radius 1 is 1.39 bits per heavy atom. The summed E-state index contributed by atoms with van der Waals surface area (Å²) in [5.74, 6) is 1.71. The van der Waals surface area contributed by atoms with Gasteiger partial charge in [0.2, 0.25) is 0 Å². The normalized spacial score (nSPS) is 21.9. The molecule has 1 atom stereocenters. The third-order valence-corrected chi connectivity index (χ3v) is 5.73. The molecule has 0 aliphatic carbocycles. The zero-order chi connectivity index (χ0) is 19.6. The Hall–Kier alpha value is -2.26. The molecule has 0 aromatic carbocycles. The van der Waals surface area contributed by atoms with Gasteiger partial charge in [-0.2, -0.15) is 4.98 Å². The van der Waals surface area contributed by atoms with Gasteiger partial charge in [-0.25, -0.2) is 4.98 Å². The molecule has 1 amide bonds. The molecule has 9 heteroatoms. The summed E-state index contributed by atoms with van der Waals surface area (Å²) in [5, 5.41) is 4.06. The molecular weight excluding hydrogens is 362 g/mol. The van der Waals surface area contributed by atoms with Crippen LogP contribution in [0.5, 0.6) is 0 Å². The summed E-state index contributed by atoms with van der Waals surface area (Å²) in [7, 11) is 3.48. The maximum atomic E-state index is 12.6. The van der Waals surface area contributed by atoms with Crippen LogP contribution in [0.2, 0.25) is 0 Å². The number of amides is 1. The number of likely N-dealkylation sites (tertiary alicyclic amines) is 1. The quantitative estimate of drug-likeness (QED) is 0.766. The molecule has 1 unspecified atom stereocenters. The highest BCUT2D eigenvalue weighted by atomic mass is 16.5. The number of ether oxygens (including phenoxy) is 2. The number of carbonyl (C=O) groups is 1. The van der Waals surface area contributed by atoms with Gasteiger partial charge in [0.15, 0.2) is 5.82 Å². The zero-order valence-electron chi connectivity index (χ0n) is 16.5. The minimum Gasteiger partial charge on any atom is -0.375 e. The van der Waals surface area contributed by atoms with E-state index in [2.05, 4.69) is 15.1 Å². The van der Waals surface area contributed by atoms with E-state index in [1.165, 1.54) is 0 Å². The van der Waals surface area contributed by atoms with Crippen LogP contribution in [0.25, 0.3) is 0 Å². The van der Waals surface area contributed by atoms with Crippen molar-refractivity contribution in [1.29, 1.82) is 0 Å². The molecule has 4 heterocycles. The topological polar surface area (TPSA) is 95.5 Å². The van der Waals surface area contributed by atoms with Gasteiger partial charge in [0.1, 0.15) is 12.3 Å². The van der Waals surface area contributed by atoms with E-state index >= 15 is 0 Å². The standard InChI is InChI=1S/C19H27N5O4/c1-23-11-15(20-13-23)18(25)24-6-4-19(5-7-24)10-14(3-8-27-19)9-16-21-17(12-26-2)28-22-16/h11,13-14H,3-10,12H2,1-2H3. The molecular formula is C19H27N5O4. The number of aromatic nitrogens is 4. The summed E-state index contributed by atoms with van der Waals surface area (Å²) in [6.45, 7) is 2.47. The Labute approximate surface area is 164 Å². The van der Waals surface area contributed by atoms with Crippen molar-refractivity contribution in [2.24, 2.45) is 13.0 Å². The van der Waals surface area contributed by atoms with Crippen molar-refractivity contribution in [1.82, 2.24) is 24.6 Å². The lowest BCUT2D eigenvalue weighted by molar-refractivity contribution is -0.123. The second-order valence-corrected chi connectivity index (χ2v) is 7.85. The molecule has 9 nitrogen and oxygen atoms in total. The molecule has 2 aromatic rings. The van der Waals surface area contributed by atoms with Gasteiger partial charge in [-0.3, -0.25) is 4.79 Å². The lowest BCUT2D eigenvalue weighted by Crippen LogP contribution is -2.51. The molecule has 0 radical (unpaired) electrons. The fourth-order valence-corrected chi connectivity index (χ4v) is 4.27. The van der Waals surface area contributed by atoms with Gasteiger partial charge in [-0.1, -0.05) is 5.16 Å². The Morgan fingerprint density at radius 3 is 2.93 bits per heavy atom. The molecule has 4 rings (SSSR count). The lowest BCUT2D eigenvalue weighted by atomic mass is 9.78. The highest BCUT2D eigenvalue weighted by Crippen LogP contribution is 2.38. The smallest absolute Gasteiger partial charge is 0.274 e. The van der Waals surface area contributed by atoms with Crippen molar-refractivity contribution in [3.8, 4) is 0 Å². The average molecular weight is 389 g/mol. The predicted molar refractivity (Wildman–Crippen MR) is 98.5 cm³/mol. The van der Waals surface area contributed by atoms with Gasteiger partial charge in [-0.15, -0.1) is 0 Å². The first-order chi connectivity index (χ1) is 13.6. The maximum Gasteiger partial charge on any atom is 0.274 e. The van der Waals surface area contributed by atoms with Gasteiger partial charge in [0, 0.05) is 46.5 Å². The molecule has 28 heavy (non-hydrogen) atoms. The van der Waals surface area contributed by atoms with Crippen molar-refractivity contribution in [3.05, 3.63) is 29.9 Å². The van der Waals surface area contributed by atoms with Crippen LogP contribution in [-0.2, 0) is 29.5 Å². The molecule has 1 spiro atoms. The summed E-state index contributed by atoms with van der Waals surface area (Å²) in [5.41, 5.74) is 0.355. The zero-order valence-corrected chi connectivity index (χ0v) is 16.5. The van der Waals surface area contributed by atoms with Crippen LogP contribution < -0.4 is 0 Å². The molecule has 2 aliphatic rings. The summed E-state index contributed by atoms with van der Waals surface area (Å²) in [6, 6.07) is 0. The largest absolute Gasteiger partial charge is 0.375 e. The molecule has 2 saturated heterocycles. The molecule has 2 aliphatic heterocycles. The Bertz CT molecular complexity index is 809. The number of nitrogens with zero attached hydrogens (tertiary/aromatic N) is 5. The van der Waals surface area contributed by atoms with E-state index in [-0.39, 0.29) is 11.5 Å². The number of hydrogen-bond acceptors (Lipinski definition) is 7. The van der Waals surface area contributed by atoms with Crippen LogP contribution in [0, 0.1) is 5.92 Å². The number of hydrogen-bond donors (Lipinski definition) is 0. The second kappa shape index (κ2) is 8.00. The van der Waals surface area contributed by atoms with Crippen LogP contribution in [-0.4, -0.2) is 62.9 Å². The monoisotopic (exact) mass is 389 g/mol. The summed E-state index contributed by atoms with van der Waals surface area (Å²) in [4.78, 5) is 23.1. The fraction of sp³-hybridized carbons (Fsp3) is 0.684. The van der Waals surface area contributed by atoms with Crippen LogP contribution in [0.1, 0.15) is 47.9 Å². The van der Waals surface area contributed by atoms with Gasteiger partial charge < -0.3 is 23.5 Å². The lowest BCUT2D eigenvalue weighted by Gasteiger charge is -2.46. The Kier molecular flexibility index (Phi) is 5.45. The van der Waals surface area contributed by atoms with Gasteiger partial charge >= 0.3 is 0 Å². The number of rotatable bonds is 5. The average Bonchev–Trinajstić information content (AvgIpc) is 3.31. The summed E-state index contributed by atoms with van der Waals surface area (Å²) >= 11 is 0. The second-order valence-electron chi connectivity index (χ2n) is 7.85. The third-order valence-electron chi connectivity index (χ3n) is 5.73. The molecule has 0 saturated carbocycles. The van der Waals surface area contributed by atoms with E-state index in [4.69, 9.17) is 14.0 Å². The van der Waals surface area contributed by atoms with E-state index in [0.29, 0.717) is 37.2 Å². The maximum absolute atomic E-state index is 12.6. The van der Waals surface area contributed by atoms with E-state index in [1.54, 1.807) is 24.2 Å². The molecule has 0 bridgehead atoms. The van der Waals surface area contributed by atoms with Crippen LogP contribution in [0.3, 0.4) is 0 Å². The summed E-state index contributed by atoms with van der Waals surface area (Å²) < 4.78 is 18.2. The Balaban J connectivity index is 1.33. The molecule has 0 N–H and O–H groups in total. The van der Waals surface area contributed by atoms with Gasteiger partial charge in [0.05, 0.1) is 11.9 Å². The van der Waals surface area contributed by atoms with E-state index in [1.807, 2.05) is 11.9 Å². The highest BCUT2D eigenvalue weighted by molar-refractivity contribution is 5.92. The van der Waals surface area contributed by atoms with Crippen molar-refractivity contribution in [3.63, 3.8) is 0 Å². The SMILES string of the molecule is COCc1nc(CC2CCOC3(CCN(C(=O)c4cn(C)cn4)CC3)C2)no1. The van der Waals surface area contributed by atoms with E-state index in [9.17, 15) is 4.79 Å². The number of carbonyl (C=O) groups excluding carboxylic acids is 1. The fourth-order valence-electron chi connectivity index (χ4n) is 4.27. The van der Waals surface area contributed by atoms with Gasteiger partial charge in [0.25, 0.3) is 11.8 Å². The van der Waals surface area contributed by atoms with Crippen molar-refractivity contribution in [2.45, 2.75) is 44.3 Å². The minimum atomic E-state index is -0.150. The van der Waals surface area contributed by atoms with Gasteiger partial charge in [-0.05, 0) is 31.6 Å². The van der Waals surface area contributed by atoms with Crippen LogP contribution in [0.15, 0.2) is 17.0 Å². The summed E-state index contributed by atoms with van der Waals surface area (Å²) in [6.07, 6.45) is 7.87. The van der Waals surface area contributed by atoms with Crippen molar-refractivity contribution < 1.29 is 18.8 Å². The Morgan fingerprint density at radius 2 is 2.21 bits per heavy atom. The first-order valence-corrected chi connectivity index (χ1v) is 9.78. The first kappa shape index (κ1) is 19.1. The van der Waals surface area contributed by atoms with Crippen LogP contribution in [0.4, 0.5) is 0 Å². The van der Waals surface area contributed by atoms with Crippen molar-refractivity contribution in [2.75, 3.05) is 26.8 Å². The minimum absolute atomic E-state index is 0.000258. The molecule has 2 fully saturated rings. The molecule has 152 valence electrons. The van der Waals surface area contributed by atoms with Crippen LogP contribution >= 0.6 is 0 Å². The van der Waals surface area contributed by atoms with Crippen molar-refractivity contribution >= 4 is 5.91 Å². The van der Waals surface area contributed by atoms with E-state index in [0.717, 1.165) is 44.5 Å². The number of methoxy groups -OCH3 is 1. The number of aryl methyl sites for hydroxylation is 1. The number of piperidine rings is 1. The first-order valence-electron chi connectivity index (χ1n) is 9.78.